The van der Waals surface area contributed by atoms with Crippen LogP contribution in [0.3, 0.4) is 0 Å². The van der Waals surface area contributed by atoms with Gasteiger partial charge in [0.15, 0.2) is 5.78 Å². The number of nitrogens with one attached hydrogen (secondary N) is 1. The zero-order chi connectivity index (χ0) is 19.6. The number of azide groups is 1. The number of aliphatic hydroxyl groups excluding tert-OH is 1. The van der Waals surface area contributed by atoms with Crippen LogP contribution < -0.4 is 11.2 Å². The average Bonchev–Trinajstić information content (AvgIpc) is 3.08. The highest BCUT2D eigenvalue weighted by atomic mass is 16.5. The zero-order valence-electron chi connectivity index (χ0n) is 14.2. The van der Waals surface area contributed by atoms with E-state index in [4.69, 9.17) is 10.3 Å². The van der Waals surface area contributed by atoms with Crippen molar-refractivity contribution in [2.45, 2.75) is 37.8 Å². The van der Waals surface area contributed by atoms with Gasteiger partial charge in [0.25, 0.3) is 5.56 Å². The quantitative estimate of drug-likeness (QED) is 0.335. The van der Waals surface area contributed by atoms with Gasteiger partial charge in [-0.05, 0) is 24.6 Å². The number of ketones is 1. The standard InChI is InChI=1S/C16H16N6O5/c1-8-7-22(16(26)19-15(8)25)11-5-10(20-21-17)14(27-11)13(24)12(23)9-3-2-4-18-6-9/h2-4,6-7,10-11,13-14,24H,5H2,1H3,(H,19,25,26). The fourth-order valence-corrected chi connectivity index (χ4v) is 2.94. The largest absolute Gasteiger partial charge is 0.382 e. The minimum absolute atomic E-state index is 0.0531. The smallest absolute Gasteiger partial charge is 0.330 e. The summed E-state index contributed by atoms with van der Waals surface area (Å²) >= 11 is 0. The summed E-state index contributed by atoms with van der Waals surface area (Å²) in [5.74, 6) is -0.642. The van der Waals surface area contributed by atoms with Crippen molar-refractivity contribution >= 4 is 5.78 Å². The van der Waals surface area contributed by atoms with Gasteiger partial charge in [-0.1, -0.05) is 5.11 Å². The first-order chi connectivity index (χ1) is 12.9. The molecule has 0 radical (unpaired) electrons. The van der Waals surface area contributed by atoms with Crippen molar-refractivity contribution in [3.8, 4) is 0 Å². The van der Waals surface area contributed by atoms with Gasteiger partial charge < -0.3 is 9.84 Å². The maximum Gasteiger partial charge on any atom is 0.330 e. The van der Waals surface area contributed by atoms with E-state index in [0.29, 0.717) is 0 Å². The summed E-state index contributed by atoms with van der Waals surface area (Å²) in [5, 5.41) is 14.1. The van der Waals surface area contributed by atoms with Crippen LogP contribution in [0.25, 0.3) is 10.4 Å². The third kappa shape index (κ3) is 3.65. The van der Waals surface area contributed by atoms with E-state index in [2.05, 4.69) is 20.0 Å². The maximum atomic E-state index is 12.5. The monoisotopic (exact) mass is 372 g/mol. The molecule has 1 saturated heterocycles. The van der Waals surface area contributed by atoms with Gasteiger partial charge in [0.2, 0.25) is 0 Å². The molecule has 11 nitrogen and oxygen atoms in total. The fourth-order valence-electron chi connectivity index (χ4n) is 2.94. The molecule has 2 aromatic rings. The third-order valence-corrected chi connectivity index (χ3v) is 4.32. The number of aliphatic hydroxyl groups is 1. The number of aryl methyl sites for hydroxylation is 1. The summed E-state index contributed by atoms with van der Waals surface area (Å²) in [6.07, 6.45) is 0.473. The van der Waals surface area contributed by atoms with Gasteiger partial charge in [-0.25, -0.2) is 4.79 Å². The van der Waals surface area contributed by atoms with Gasteiger partial charge in [0, 0.05) is 41.0 Å². The molecular weight excluding hydrogens is 356 g/mol. The molecule has 27 heavy (non-hydrogen) atoms. The van der Waals surface area contributed by atoms with E-state index in [1.165, 1.54) is 31.6 Å². The molecule has 0 aromatic carbocycles. The lowest BCUT2D eigenvalue weighted by molar-refractivity contribution is -0.0529. The Labute approximate surface area is 151 Å². The molecule has 3 rings (SSSR count). The summed E-state index contributed by atoms with van der Waals surface area (Å²) in [6.45, 7) is 1.52. The highest BCUT2D eigenvalue weighted by Gasteiger charge is 2.43. The van der Waals surface area contributed by atoms with Gasteiger partial charge in [-0.3, -0.25) is 24.1 Å². The number of ether oxygens (including phenoxy) is 1. The van der Waals surface area contributed by atoms with Crippen LogP contribution in [0, 0.1) is 6.92 Å². The molecule has 4 unspecified atom stereocenters. The van der Waals surface area contributed by atoms with Crippen LogP contribution in [0.5, 0.6) is 0 Å². The Bertz CT molecular complexity index is 1010. The van der Waals surface area contributed by atoms with E-state index in [0.717, 1.165) is 4.57 Å². The number of Topliss-reactive ketones (excluding diaryl/α,β-unsaturated/α-hetero) is 1. The molecule has 1 aliphatic rings. The van der Waals surface area contributed by atoms with E-state index >= 15 is 0 Å². The van der Waals surface area contributed by atoms with Crippen LogP contribution in [0.4, 0.5) is 0 Å². The van der Waals surface area contributed by atoms with Crippen LogP contribution in [0.2, 0.25) is 0 Å². The average molecular weight is 372 g/mol. The molecule has 0 saturated carbocycles. The molecule has 1 fully saturated rings. The molecule has 0 aliphatic carbocycles. The third-order valence-electron chi connectivity index (χ3n) is 4.32. The number of carbonyl (C=O) groups is 1. The molecule has 2 aromatic heterocycles. The van der Waals surface area contributed by atoms with Crippen LogP contribution in [-0.2, 0) is 4.74 Å². The fraction of sp³-hybridized carbons (Fsp3) is 0.375. The van der Waals surface area contributed by atoms with Crippen molar-refractivity contribution in [1.29, 1.82) is 0 Å². The van der Waals surface area contributed by atoms with E-state index in [-0.39, 0.29) is 17.5 Å². The Kier molecular flexibility index (Phi) is 5.17. The molecule has 1 aliphatic heterocycles. The minimum atomic E-state index is -1.62. The lowest BCUT2D eigenvalue weighted by Crippen LogP contribution is -2.40. The summed E-state index contributed by atoms with van der Waals surface area (Å²) in [6, 6.07) is 2.16. The highest BCUT2D eigenvalue weighted by molar-refractivity contribution is 5.99. The summed E-state index contributed by atoms with van der Waals surface area (Å²) in [7, 11) is 0. The van der Waals surface area contributed by atoms with Crippen molar-refractivity contribution in [3.05, 3.63) is 73.1 Å². The molecule has 0 amide bonds. The second kappa shape index (κ2) is 7.54. The number of hydrogen-bond donors (Lipinski definition) is 2. The number of H-pyrrole nitrogens is 1. The lowest BCUT2D eigenvalue weighted by Gasteiger charge is -2.21. The van der Waals surface area contributed by atoms with Crippen molar-refractivity contribution in [2.75, 3.05) is 0 Å². The Morgan fingerprint density at radius 2 is 2.33 bits per heavy atom. The van der Waals surface area contributed by atoms with Crippen LogP contribution in [-0.4, -0.2) is 43.7 Å². The summed E-state index contributed by atoms with van der Waals surface area (Å²) in [5.41, 5.74) is 8.02. The molecule has 11 heteroatoms. The van der Waals surface area contributed by atoms with E-state index in [1.54, 1.807) is 6.07 Å². The van der Waals surface area contributed by atoms with Crippen molar-refractivity contribution in [1.82, 2.24) is 14.5 Å². The van der Waals surface area contributed by atoms with Gasteiger partial charge in [0.1, 0.15) is 18.4 Å². The first-order valence-corrected chi connectivity index (χ1v) is 8.06. The number of nitrogens with zero attached hydrogens (tertiary/aromatic N) is 5. The second-order valence-corrected chi connectivity index (χ2v) is 6.09. The molecule has 140 valence electrons. The number of pyridine rings is 1. The van der Waals surface area contributed by atoms with E-state index < -0.39 is 41.5 Å². The minimum Gasteiger partial charge on any atom is -0.382 e. The van der Waals surface area contributed by atoms with Crippen LogP contribution in [0.1, 0.15) is 28.6 Å². The van der Waals surface area contributed by atoms with Crippen LogP contribution in [0.15, 0.2) is 45.4 Å². The Hall–Kier alpha value is -3.27. The van der Waals surface area contributed by atoms with Crippen molar-refractivity contribution in [3.63, 3.8) is 0 Å². The van der Waals surface area contributed by atoms with Gasteiger partial charge in [-0.2, -0.15) is 0 Å². The molecule has 2 N–H and O–H groups in total. The maximum absolute atomic E-state index is 12.5. The normalized spacial score (nSPS) is 22.8. The van der Waals surface area contributed by atoms with E-state index in [9.17, 15) is 19.5 Å². The van der Waals surface area contributed by atoms with Crippen molar-refractivity contribution < 1.29 is 14.6 Å². The molecule has 4 atom stereocenters. The number of carbonyl (C=O) groups excluding carboxylic acids is 1. The van der Waals surface area contributed by atoms with Gasteiger partial charge in [-0.15, -0.1) is 0 Å². The van der Waals surface area contributed by atoms with Gasteiger partial charge >= 0.3 is 5.69 Å². The van der Waals surface area contributed by atoms with Crippen molar-refractivity contribution in [2.24, 2.45) is 5.11 Å². The predicted octanol–water partition coefficient (Wildman–Crippen LogP) is 0.450. The number of hydrogen-bond acceptors (Lipinski definition) is 7. The van der Waals surface area contributed by atoms with E-state index in [1.807, 2.05) is 0 Å². The first kappa shape index (κ1) is 18.5. The predicted molar refractivity (Wildman–Crippen MR) is 92.1 cm³/mol. The number of aromatic nitrogens is 3. The summed E-state index contributed by atoms with van der Waals surface area (Å²) in [4.78, 5) is 44.8. The topological polar surface area (TPSA) is 163 Å². The number of aromatic amines is 1. The highest BCUT2D eigenvalue weighted by Crippen LogP contribution is 2.32. The van der Waals surface area contributed by atoms with Gasteiger partial charge in [0.05, 0.1) is 6.04 Å². The Balaban J connectivity index is 1.90. The molecule has 0 spiro atoms. The second-order valence-electron chi connectivity index (χ2n) is 6.09. The molecule has 3 heterocycles. The zero-order valence-corrected chi connectivity index (χ0v) is 14.2. The SMILES string of the molecule is Cc1cn(C2CC(N=[N+]=[N-])C(C(O)C(=O)c3cccnc3)O2)c(=O)[nH]c1=O. The molecular formula is C16H16N6O5. The number of rotatable bonds is 5. The summed E-state index contributed by atoms with van der Waals surface area (Å²) < 4.78 is 6.81. The lowest BCUT2D eigenvalue weighted by atomic mass is 9.99. The molecule has 0 bridgehead atoms. The van der Waals surface area contributed by atoms with Crippen LogP contribution >= 0.6 is 0 Å². The Morgan fingerprint density at radius 3 is 3.00 bits per heavy atom. The Morgan fingerprint density at radius 1 is 1.56 bits per heavy atom. The first-order valence-electron chi connectivity index (χ1n) is 8.06.